The van der Waals surface area contributed by atoms with Gasteiger partial charge < -0.3 is 15.8 Å². The van der Waals surface area contributed by atoms with Gasteiger partial charge in [0.25, 0.3) is 11.8 Å². The first-order valence-corrected chi connectivity index (χ1v) is 7.63. The molecule has 0 fully saturated rings. The molecule has 2 rings (SSSR count). The van der Waals surface area contributed by atoms with Gasteiger partial charge in [0.05, 0.1) is 12.1 Å². The molecule has 7 heteroatoms. The molecule has 6 nitrogen and oxygen atoms in total. The van der Waals surface area contributed by atoms with Gasteiger partial charge in [-0.05, 0) is 18.6 Å². The average Bonchev–Trinajstić information content (AvgIpc) is 2.99. The molecule has 0 bridgehead atoms. The van der Waals surface area contributed by atoms with Crippen molar-refractivity contribution in [2.75, 3.05) is 6.61 Å². The minimum atomic E-state index is -0.593. The first-order chi connectivity index (χ1) is 10.6. The summed E-state index contributed by atoms with van der Waals surface area (Å²) in [4.78, 5) is 28.4. The van der Waals surface area contributed by atoms with Gasteiger partial charge in [0.2, 0.25) is 0 Å². The fourth-order valence-corrected chi connectivity index (χ4v) is 2.58. The van der Waals surface area contributed by atoms with Crippen molar-refractivity contribution in [3.63, 3.8) is 0 Å². The van der Waals surface area contributed by atoms with Gasteiger partial charge in [0, 0.05) is 11.1 Å². The number of ether oxygens (including phenoxy) is 1. The summed E-state index contributed by atoms with van der Waals surface area (Å²) < 4.78 is 5.24. The van der Waals surface area contributed by atoms with Gasteiger partial charge in [-0.2, -0.15) is 0 Å². The standard InChI is InChI=1S/C15H17N3O3S/c1-2-10-7-17-14(22-10)8-18-15(20)11-5-3-4-6-12(11)21-9-13(16)19/h3-7H,2,8-9H2,1H3,(H2,16,19)(H,18,20). The summed E-state index contributed by atoms with van der Waals surface area (Å²) in [5, 5.41) is 3.64. The number of benzene rings is 1. The Hall–Kier alpha value is -2.41. The maximum Gasteiger partial charge on any atom is 0.255 e. The van der Waals surface area contributed by atoms with Crippen LogP contribution >= 0.6 is 11.3 Å². The number of hydrogen-bond acceptors (Lipinski definition) is 5. The number of nitrogens with two attached hydrogens (primary N) is 1. The highest BCUT2D eigenvalue weighted by molar-refractivity contribution is 7.11. The number of amides is 2. The molecule has 3 N–H and O–H groups in total. The van der Waals surface area contributed by atoms with Gasteiger partial charge in [-0.3, -0.25) is 9.59 Å². The van der Waals surface area contributed by atoms with Crippen LogP contribution < -0.4 is 15.8 Å². The average molecular weight is 319 g/mol. The first kappa shape index (κ1) is 16.0. The Kier molecular flexibility index (Phi) is 5.48. The molecule has 116 valence electrons. The number of para-hydroxylation sites is 1. The van der Waals surface area contributed by atoms with E-state index in [1.165, 1.54) is 4.88 Å². The second kappa shape index (κ2) is 7.56. The molecule has 0 spiro atoms. The fourth-order valence-electron chi connectivity index (χ4n) is 1.77. The van der Waals surface area contributed by atoms with Crippen molar-refractivity contribution in [1.29, 1.82) is 0 Å². The van der Waals surface area contributed by atoms with Crippen LogP contribution in [0.2, 0.25) is 0 Å². The van der Waals surface area contributed by atoms with Gasteiger partial charge in [-0.1, -0.05) is 19.1 Å². The van der Waals surface area contributed by atoms with Crippen molar-refractivity contribution in [3.05, 3.63) is 45.9 Å². The normalized spacial score (nSPS) is 10.2. The molecule has 0 saturated carbocycles. The largest absolute Gasteiger partial charge is 0.483 e. The van der Waals surface area contributed by atoms with E-state index in [0.29, 0.717) is 17.9 Å². The van der Waals surface area contributed by atoms with Gasteiger partial charge in [-0.25, -0.2) is 4.98 Å². The molecule has 0 saturated heterocycles. The van der Waals surface area contributed by atoms with Crippen molar-refractivity contribution in [1.82, 2.24) is 10.3 Å². The monoisotopic (exact) mass is 319 g/mol. The molecule has 0 atom stereocenters. The van der Waals surface area contributed by atoms with Crippen LogP contribution in [-0.4, -0.2) is 23.4 Å². The number of nitrogens with zero attached hydrogens (tertiary/aromatic N) is 1. The summed E-state index contributed by atoms with van der Waals surface area (Å²) in [6, 6.07) is 6.70. The van der Waals surface area contributed by atoms with E-state index in [1.54, 1.807) is 35.6 Å². The molecular formula is C15H17N3O3S. The number of hydrogen-bond donors (Lipinski definition) is 2. The first-order valence-electron chi connectivity index (χ1n) is 6.82. The molecular weight excluding hydrogens is 302 g/mol. The molecule has 1 aromatic heterocycles. The topological polar surface area (TPSA) is 94.3 Å². The molecule has 0 unspecified atom stereocenters. The molecule has 0 aliphatic carbocycles. The molecule has 1 aromatic carbocycles. The summed E-state index contributed by atoms with van der Waals surface area (Å²) in [7, 11) is 0. The Morgan fingerprint density at radius 2 is 2.14 bits per heavy atom. The Bertz CT molecular complexity index is 670. The Balaban J connectivity index is 2.01. The van der Waals surface area contributed by atoms with Crippen molar-refractivity contribution in [2.45, 2.75) is 19.9 Å². The van der Waals surface area contributed by atoms with Crippen LogP contribution in [0.1, 0.15) is 27.2 Å². The number of primary amides is 1. The van der Waals surface area contributed by atoms with E-state index in [-0.39, 0.29) is 12.5 Å². The molecule has 1 heterocycles. The van der Waals surface area contributed by atoms with E-state index in [9.17, 15) is 9.59 Å². The van der Waals surface area contributed by atoms with Gasteiger partial charge in [0.15, 0.2) is 6.61 Å². The van der Waals surface area contributed by atoms with E-state index >= 15 is 0 Å². The predicted octanol–water partition coefficient (Wildman–Crippen LogP) is 1.50. The van der Waals surface area contributed by atoms with E-state index < -0.39 is 5.91 Å². The van der Waals surface area contributed by atoms with Gasteiger partial charge in [-0.15, -0.1) is 11.3 Å². The third-order valence-corrected chi connectivity index (χ3v) is 3.99. The molecule has 0 aliphatic rings. The van der Waals surface area contributed by atoms with Crippen LogP contribution in [0.4, 0.5) is 0 Å². The smallest absolute Gasteiger partial charge is 0.255 e. The van der Waals surface area contributed by atoms with Crippen LogP contribution in [0.3, 0.4) is 0 Å². The third-order valence-electron chi connectivity index (χ3n) is 2.85. The highest BCUT2D eigenvalue weighted by atomic mass is 32.1. The lowest BCUT2D eigenvalue weighted by molar-refractivity contribution is -0.119. The number of aromatic nitrogens is 1. The fraction of sp³-hybridized carbons (Fsp3) is 0.267. The van der Waals surface area contributed by atoms with E-state index in [0.717, 1.165) is 11.4 Å². The minimum absolute atomic E-state index is 0.267. The molecule has 22 heavy (non-hydrogen) atoms. The lowest BCUT2D eigenvalue weighted by atomic mass is 10.2. The summed E-state index contributed by atoms with van der Waals surface area (Å²) in [6.07, 6.45) is 2.74. The third kappa shape index (κ3) is 4.29. The van der Waals surface area contributed by atoms with Crippen LogP contribution in [0.15, 0.2) is 30.5 Å². The number of carbonyl (C=O) groups is 2. The van der Waals surface area contributed by atoms with Gasteiger partial charge >= 0.3 is 0 Å². The zero-order valence-electron chi connectivity index (χ0n) is 12.2. The number of aryl methyl sites for hydroxylation is 1. The van der Waals surface area contributed by atoms with E-state index in [2.05, 4.69) is 17.2 Å². The SMILES string of the molecule is CCc1cnc(CNC(=O)c2ccccc2OCC(N)=O)s1. The molecule has 2 amide bonds. The minimum Gasteiger partial charge on any atom is -0.483 e. The van der Waals surface area contributed by atoms with Crippen LogP contribution in [0.25, 0.3) is 0 Å². The van der Waals surface area contributed by atoms with E-state index in [4.69, 9.17) is 10.5 Å². The number of thiazole rings is 1. The zero-order chi connectivity index (χ0) is 15.9. The molecule has 0 radical (unpaired) electrons. The van der Waals surface area contributed by atoms with Crippen LogP contribution in [0, 0.1) is 0 Å². The molecule has 0 aliphatic heterocycles. The summed E-state index contributed by atoms with van der Waals surface area (Å²) in [5.41, 5.74) is 5.40. The highest BCUT2D eigenvalue weighted by Gasteiger charge is 2.13. The lowest BCUT2D eigenvalue weighted by Gasteiger charge is -2.10. The second-order valence-electron chi connectivity index (χ2n) is 4.51. The van der Waals surface area contributed by atoms with Crippen molar-refractivity contribution in [2.24, 2.45) is 5.73 Å². The number of carbonyl (C=O) groups excluding carboxylic acids is 2. The second-order valence-corrected chi connectivity index (χ2v) is 5.71. The van der Waals surface area contributed by atoms with Crippen molar-refractivity contribution < 1.29 is 14.3 Å². The predicted molar refractivity (Wildman–Crippen MR) is 83.8 cm³/mol. The number of rotatable bonds is 7. The Morgan fingerprint density at radius 3 is 2.82 bits per heavy atom. The maximum atomic E-state index is 12.2. The summed E-state index contributed by atoms with van der Waals surface area (Å²) >= 11 is 1.57. The Morgan fingerprint density at radius 1 is 1.36 bits per heavy atom. The lowest BCUT2D eigenvalue weighted by Crippen LogP contribution is -2.25. The van der Waals surface area contributed by atoms with Crippen molar-refractivity contribution >= 4 is 23.2 Å². The van der Waals surface area contributed by atoms with Gasteiger partial charge in [0.1, 0.15) is 10.8 Å². The maximum absolute atomic E-state index is 12.2. The van der Waals surface area contributed by atoms with Crippen LogP contribution in [0.5, 0.6) is 5.75 Å². The summed E-state index contributed by atoms with van der Waals surface area (Å²) in [6.45, 7) is 2.15. The zero-order valence-corrected chi connectivity index (χ0v) is 13.0. The molecule has 2 aromatic rings. The van der Waals surface area contributed by atoms with Crippen LogP contribution in [-0.2, 0) is 17.8 Å². The highest BCUT2D eigenvalue weighted by Crippen LogP contribution is 2.18. The quantitative estimate of drug-likeness (QED) is 0.808. The Labute approximate surface area is 132 Å². The van der Waals surface area contributed by atoms with E-state index in [1.807, 2.05) is 6.20 Å². The summed E-state index contributed by atoms with van der Waals surface area (Å²) in [5.74, 6) is -0.550. The number of nitrogens with one attached hydrogen (secondary N) is 1. The van der Waals surface area contributed by atoms with Crippen molar-refractivity contribution in [3.8, 4) is 5.75 Å².